The van der Waals surface area contributed by atoms with E-state index in [0.29, 0.717) is 12.0 Å². The van der Waals surface area contributed by atoms with Gasteiger partial charge in [0.2, 0.25) is 0 Å². The van der Waals surface area contributed by atoms with Gasteiger partial charge in [-0.3, -0.25) is 0 Å². The van der Waals surface area contributed by atoms with Crippen LogP contribution in [0, 0.1) is 17.8 Å². The lowest BCUT2D eigenvalue weighted by Gasteiger charge is -2.22. The van der Waals surface area contributed by atoms with Gasteiger partial charge in [0.1, 0.15) is 6.10 Å². The fourth-order valence-corrected chi connectivity index (χ4v) is 4.15. The molecule has 2 saturated carbocycles. The SMILES string of the molecule is C=C(C)C(=O)OC1C2CCC1C(CCNS(=O)(=O)C(F)(F)F)C2. The molecule has 132 valence electrons. The lowest BCUT2D eigenvalue weighted by atomic mass is 9.86. The Balaban J connectivity index is 1.87. The minimum Gasteiger partial charge on any atom is -0.458 e. The summed E-state index contributed by atoms with van der Waals surface area (Å²) in [6, 6.07) is 0. The van der Waals surface area contributed by atoms with Crippen molar-refractivity contribution in [2.75, 3.05) is 6.54 Å². The Hall–Kier alpha value is -1.09. The number of carbonyl (C=O) groups excluding carboxylic acids is 1. The first-order valence-corrected chi connectivity index (χ1v) is 8.93. The lowest BCUT2D eigenvalue weighted by molar-refractivity contribution is -0.146. The molecule has 2 fully saturated rings. The molecule has 2 rings (SSSR count). The summed E-state index contributed by atoms with van der Waals surface area (Å²) in [5, 5.41) is 0. The average Bonchev–Trinajstić information content (AvgIpc) is 2.94. The van der Waals surface area contributed by atoms with Crippen LogP contribution in [0.4, 0.5) is 13.2 Å². The third-order valence-corrected chi connectivity index (χ3v) is 5.87. The van der Waals surface area contributed by atoms with Crippen LogP contribution in [0.3, 0.4) is 0 Å². The summed E-state index contributed by atoms with van der Waals surface area (Å²) in [6.45, 7) is 4.82. The van der Waals surface area contributed by atoms with Crippen molar-refractivity contribution < 1.29 is 31.1 Å². The van der Waals surface area contributed by atoms with Gasteiger partial charge in [0.05, 0.1) is 0 Å². The van der Waals surface area contributed by atoms with Gasteiger partial charge in [-0.1, -0.05) is 6.58 Å². The summed E-state index contributed by atoms with van der Waals surface area (Å²) >= 11 is 0. The van der Waals surface area contributed by atoms with E-state index in [1.807, 2.05) is 0 Å². The Labute approximate surface area is 133 Å². The van der Waals surface area contributed by atoms with Crippen LogP contribution in [0.1, 0.15) is 32.6 Å². The summed E-state index contributed by atoms with van der Waals surface area (Å²) in [7, 11) is -5.29. The predicted molar refractivity (Wildman–Crippen MR) is 76.6 cm³/mol. The number of alkyl halides is 3. The molecule has 4 unspecified atom stereocenters. The van der Waals surface area contributed by atoms with Crippen LogP contribution in [-0.4, -0.2) is 32.5 Å². The van der Waals surface area contributed by atoms with Gasteiger partial charge in [0, 0.05) is 12.1 Å². The van der Waals surface area contributed by atoms with Crippen molar-refractivity contribution in [2.45, 2.75) is 44.2 Å². The van der Waals surface area contributed by atoms with Crippen LogP contribution < -0.4 is 4.72 Å². The highest BCUT2D eigenvalue weighted by Crippen LogP contribution is 2.51. The van der Waals surface area contributed by atoms with Crippen LogP contribution in [0.5, 0.6) is 0 Å². The molecule has 2 bridgehead atoms. The number of hydrogen-bond donors (Lipinski definition) is 1. The Bertz CT molecular complexity index is 587. The molecule has 0 heterocycles. The van der Waals surface area contributed by atoms with Crippen LogP contribution in [-0.2, 0) is 19.6 Å². The van der Waals surface area contributed by atoms with Crippen LogP contribution >= 0.6 is 0 Å². The van der Waals surface area contributed by atoms with Crippen LogP contribution in [0.2, 0.25) is 0 Å². The summed E-state index contributed by atoms with van der Waals surface area (Å²) in [4.78, 5) is 11.6. The molecular weight excluding hydrogens is 335 g/mol. The Morgan fingerprint density at radius 1 is 1.35 bits per heavy atom. The normalized spacial score (nSPS) is 30.4. The fourth-order valence-electron chi connectivity index (χ4n) is 3.60. The minimum absolute atomic E-state index is 0.0626. The highest BCUT2D eigenvalue weighted by atomic mass is 32.2. The zero-order chi connectivity index (χ0) is 17.4. The second-order valence-electron chi connectivity index (χ2n) is 6.28. The molecule has 9 heteroatoms. The third-order valence-electron chi connectivity index (χ3n) is 4.67. The molecule has 0 spiro atoms. The number of carbonyl (C=O) groups is 1. The van der Waals surface area contributed by atoms with Crippen LogP contribution in [0.25, 0.3) is 0 Å². The van der Waals surface area contributed by atoms with Crippen molar-refractivity contribution in [2.24, 2.45) is 17.8 Å². The second kappa shape index (κ2) is 6.43. The van der Waals surface area contributed by atoms with Gasteiger partial charge in [0.25, 0.3) is 0 Å². The van der Waals surface area contributed by atoms with Crippen molar-refractivity contribution in [3.8, 4) is 0 Å². The lowest BCUT2D eigenvalue weighted by Crippen LogP contribution is -2.37. The molecule has 2 aliphatic rings. The molecule has 0 aromatic rings. The molecule has 0 aromatic carbocycles. The Morgan fingerprint density at radius 2 is 2.00 bits per heavy atom. The molecular formula is C14H20F3NO4S. The Morgan fingerprint density at radius 3 is 2.57 bits per heavy atom. The predicted octanol–water partition coefficient (Wildman–Crippen LogP) is 2.35. The Kier molecular flexibility index (Phi) is 5.10. The van der Waals surface area contributed by atoms with E-state index in [2.05, 4.69) is 6.58 Å². The fraction of sp³-hybridized carbons (Fsp3) is 0.786. The van der Waals surface area contributed by atoms with E-state index in [4.69, 9.17) is 4.74 Å². The van der Waals surface area contributed by atoms with E-state index in [-0.39, 0.29) is 30.4 Å². The summed E-state index contributed by atoms with van der Waals surface area (Å²) < 4.78 is 65.7. The number of halogens is 3. The minimum atomic E-state index is -5.29. The molecule has 0 aromatic heterocycles. The van der Waals surface area contributed by atoms with Gasteiger partial charge in [-0.15, -0.1) is 0 Å². The average molecular weight is 355 g/mol. The number of hydrogen-bond acceptors (Lipinski definition) is 4. The van der Waals surface area contributed by atoms with Gasteiger partial charge < -0.3 is 4.74 Å². The van der Waals surface area contributed by atoms with Gasteiger partial charge in [-0.25, -0.2) is 17.9 Å². The molecule has 23 heavy (non-hydrogen) atoms. The van der Waals surface area contributed by atoms with Crippen molar-refractivity contribution >= 4 is 16.0 Å². The summed E-state index contributed by atoms with van der Waals surface area (Å²) in [5.74, 6) is -0.107. The van der Waals surface area contributed by atoms with E-state index in [9.17, 15) is 26.4 Å². The van der Waals surface area contributed by atoms with Crippen molar-refractivity contribution in [3.05, 3.63) is 12.2 Å². The van der Waals surface area contributed by atoms with Gasteiger partial charge in [-0.2, -0.15) is 13.2 Å². The van der Waals surface area contributed by atoms with Gasteiger partial charge in [-0.05, 0) is 50.4 Å². The van der Waals surface area contributed by atoms with Crippen molar-refractivity contribution in [3.63, 3.8) is 0 Å². The molecule has 0 saturated heterocycles. The maximum Gasteiger partial charge on any atom is 0.511 e. The quantitative estimate of drug-likeness (QED) is 0.586. The monoisotopic (exact) mass is 355 g/mol. The molecule has 1 N–H and O–H groups in total. The molecule has 0 radical (unpaired) electrons. The first kappa shape index (κ1) is 18.3. The van der Waals surface area contributed by atoms with E-state index in [1.54, 1.807) is 11.6 Å². The first-order valence-electron chi connectivity index (χ1n) is 7.45. The topological polar surface area (TPSA) is 72.5 Å². The van der Waals surface area contributed by atoms with E-state index in [0.717, 1.165) is 19.3 Å². The molecule has 0 amide bonds. The zero-order valence-electron chi connectivity index (χ0n) is 12.7. The zero-order valence-corrected chi connectivity index (χ0v) is 13.5. The van der Waals surface area contributed by atoms with E-state index in [1.165, 1.54) is 0 Å². The maximum absolute atomic E-state index is 12.2. The van der Waals surface area contributed by atoms with Crippen molar-refractivity contribution in [1.82, 2.24) is 4.72 Å². The second-order valence-corrected chi connectivity index (χ2v) is 8.04. The summed E-state index contributed by atoms with van der Waals surface area (Å²) in [5.41, 5.74) is -4.98. The highest BCUT2D eigenvalue weighted by Gasteiger charge is 2.50. The number of ether oxygens (including phenoxy) is 1. The number of esters is 1. The molecule has 4 atom stereocenters. The highest BCUT2D eigenvalue weighted by molar-refractivity contribution is 7.90. The smallest absolute Gasteiger partial charge is 0.458 e. The van der Waals surface area contributed by atoms with Crippen LogP contribution in [0.15, 0.2) is 12.2 Å². The number of sulfonamides is 1. The molecule has 2 aliphatic carbocycles. The van der Waals surface area contributed by atoms with Gasteiger partial charge >= 0.3 is 21.5 Å². The van der Waals surface area contributed by atoms with Gasteiger partial charge in [0.15, 0.2) is 0 Å². The van der Waals surface area contributed by atoms with E-state index < -0.39 is 21.5 Å². The third kappa shape index (κ3) is 3.88. The standard InChI is InChI=1S/C14H20F3NO4S/c1-8(2)13(19)22-12-10-3-4-11(12)9(7-10)5-6-18-23(20,21)14(15,16)17/h9-12,18H,1,3-7H2,2H3. The number of nitrogens with one attached hydrogen (secondary N) is 1. The molecule has 0 aliphatic heterocycles. The largest absolute Gasteiger partial charge is 0.511 e. The van der Waals surface area contributed by atoms with E-state index >= 15 is 0 Å². The maximum atomic E-state index is 12.2. The first-order chi connectivity index (χ1) is 10.5. The van der Waals surface area contributed by atoms with Crippen molar-refractivity contribution in [1.29, 1.82) is 0 Å². The number of rotatable bonds is 6. The summed E-state index contributed by atoms with van der Waals surface area (Å²) in [6.07, 6.45) is 2.58. The number of fused-ring (bicyclic) bond motifs is 2. The molecule has 5 nitrogen and oxygen atoms in total.